The lowest BCUT2D eigenvalue weighted by atomic mass is 10.2. The molecule has 7 nitrogen and oxygen atoms in total. The van der Waals surface area contributed by atoms with Crippen LogP contribution in [0.25, 0.3) is 0 Å². The van der Waals surface area contributed by atoms with Crippen molar-refractivity contribution in [2.24, 2.45) is 0 Å². The molecule has 0 saturated heterocycles. The fourth-order valence-electron chi connectivity index (χ4n) is 2.68. The van der Waals surface area contributed by atoms with E-state index in [1.807, 2.05) is 0 Å². The maximum atomic E-state index is 12.6. The van der Waals surface area contributed by atoms with Crippen LogP contribution in [0, 0.1) is 6.92 Å². The average molecular weight is 536 g/mol. The van der Waals surface area contributed by atoms with Crippen LogP contribution < -0.4 is 15.4 Å². The SMILES string of the molecule is Cc1cccc(Cl)c1NC(=O)Nc1cc(Cl)ccc1Oc1c(Cl)cc(Cl)cc1S(=O)(=O)O. The van der Waals surface area contributed by atoms with Gasteiger partial charge in [0.25, 0.3) is 10.1 Å². The summed E-state index contributed by atoms with van der Waals surface area (Å²) in [6.07, 6.45) is 0. The summed E-state index contributed by atoms with van der Waals surface area (Å²) in [6, 6.07) is 10.9. The molecule has 2 amide bonds. The van der Waals surface area contributed by atoms with Gasteiger partial charge in [0.15, 0.2) is 11.5 Å². The van der Waals surface area contributed by atoms with Crippen molar-refractivity contribution in [3.8, 4) is 11.5 Å². The molecule has 3 rings (SSSR count). The minimum absolute atomic E-state index is 0.00504. The topological polar surface area (TPSA) is 105 Å². The predicted octanol–water partition coefficient (Wildman–Crippen LogP) is 7.29. The molecule has 3 aromatic carbocycles. The number of nitrogens with one attached hydrogen (secondary N) is 2. The standard InChI is InChI=1S/C20H14Cl4N2O5S/c1-10-3-2-4-13(23)18(10)26-20(27)25-15-8-11(21)5-6-16(15)31-19-14(24)7-12(22)9-17(19)32(28,29)30/h2-9H,1H3,(H2,25,26,27)(H,28,29,30). The van der Waals surface area contributed by atoms with Gasteiger partial charge in [-0.25, -0.2) is 4.79 Å². The number of aryl methyl sites for hydroxylation is 1. The van der Waals surface area contributed by atoms with Crippen molar-refractivity contribution < 1.29 is 22.5 Å². The van der Waals surface area contributed by atoms with Crippen molar-refractivity contribution in [3.05, 3.63) is 74.2 Å². The van der Waals surface area contributed by atoms with Crippen LogP contribution in [0.5, 0.6) is 11.5 Å². The molecule has 0 aliphatic carbocycles. The lowest BCUT2D eigenvalue weighted by Gasteiger charge is -2.16. The van der Waals surface area contributed by atoms with E-state index in [9.17, 15) is 17.8 Å². The summed E-state index contributed by atoms with van der Waals surface area (Å²) in [5.41, 5.74) is 1.23. The fourth-order valence-corrected chi connectivity index (χ4v) is 4.44. The highest BCUT2D eigenvalue weighted by Crippen LogP contribution is 2.41. The zero-order valence-corrected chi connectivity index (χ0v) is 20.0. The van der Waals surface area contributed by atoms with Crippen LogP contribution in [0.4, 0.5) is 16.2 Å². The van der Waals surface area contributed by atoms with Gasteiger partial charge in [0, 0.05) is 10.0 Å². The second kappa shape index (κ2) is 9.74. The van der Waals surface area contributed by atoms with Gasteiger partial charge in [0.1, 0.15) is 4.90 Å². The van der Waals surface area contributed by atoms with E-state index in [0.29, 0.717) is 10.7 Å². The Morgan fingerprint density at radius 1 is 0.938 bits per heavy atom. The van der Waals surface area contributed by atoms with E-state index >= 15 is 0 Å². The number of ether oxygens (including phenoxy) is 1. The first-order valence-electron chi connectivity index (χ1n) is 8.73. The number of rotatable bonds is 5. The summed E-state index contributed by atoms with van der Waals surface area (Å²) >= 11 is 24.1. The Balaban J connectivity index is 1.96. The van der Waals surface area contributed by atoms with Gasteiger partial charge in [-0.3, -0.25) is 4.55 Å². The molecule has 0 fully saturated rings. The van der Waals surface area contributed by atoms with Gasteiger partial charge in [-0.05, 0) is 48.9 Å². The molecule has 0 radical (unpaired) electrons. The van der Waals surface area contributed by atoms with E-state index in [4.69, 9.17) is 51.1 Å². The Morgan fingerprint density at radius 3 is 2.31 bits per heavy atom. The van der Waals surface area contributed by atoms with Crippen LogP contribution in [0.3, 0.4) is 0 Å². The molecule has 0 spiro atoms. The number of carbonyl (C=O) groups excluding carboxylic acids is 1. The van der Waals surface area contributed by atoms with E-state index in [0.717, 1.165) is 11.6 Å². The summed E-state index contributed by atoms with van der Waals surface area (Å²) in [5.74, 6) is -0.388. The summed E-state index contributed by atoms with van der Waals surface area (Å²) in [7, 11) is -4.73. The summed E-state index contributed by atoms with van der Waals surface area (Å²) < 4.78 is 38.7. The third-order valence-corrected chi connectivity index (χ3v) is 6.02. The highest BCUT2D eigenvalue weighted by Gasteiger charge is 2.23. The van der Waals surface area contributed by atoms with E-state index < -0.39 is 21.0 Å². The molecule has 3 N–H and O–H groups in total. The normalized spacial score (nSPS) is 11.2. The molecule has 3 aromatic rings. The molecule has 168 valence electrons. The smallest absolute Gasteiger partial charge is 0.323 e. The van der Waals surface area contributed by atoms with Crippen LogP contribution in [0.2, 0.25) is 20.1 Å². The second-order valence-corrected chi connectivity index (χ2v) is 9.52. The van der Waals surface area contributed by atoms with Crippen molar-refractivity contribution in [1.29, 1.82) is 0 Å². The molecule has 12 heteroatoms. The monoisotopic (exact) mass is 534 g/mol. The van der Waals surface area contributed by atoms with Gasteiger partial charge in [0.2, 0.25) is 0 Å². The van der Waals surface area contributed by atoms with Gasteiger partial charge in [-0.1, -0.05) is 58.5 Å². The molecular formula is C20H14Cl4N2O5S. The number of urea groups is 1. The number of carbonyl (C=O) groups is 1. The van der Waals surface area contributed by atoms with E-state index in [-0.39, 0.29) is 32.3 Å². The number of hydrogen-bond donors (Lipinski definition) is 3. The summed E-state index contributed by atoms with van der Waals surface area (Å²) in [4.78, 5) is 11.9. The van der Waals surface area contributed by atoms with Gasteiger partial charge >= 0.3 is 6.03 Å². The Hall–Kier alpha value is -2.20. The maximum absolute atomic E-state index is 12.6. The van der Waals surface area contributed by atoms with Crippen LogP contribution in [-0.2, 0) is 10.1 Å². The lowest BCUT2D eigenvalue weighted by Crippen LogP contribution is -2.20. The van der Waals surface area contributed by atoms with Gasteiger partial charge < -0.3 is 15.4 Å². The Bertz CT molecular complexity index is 1300. The van der Waals surface area contributed by atoms with E-state index in [1.165, 1.54) is 24.3 Å². The first kappa shape index (κ1) is 24.4. The quantitative estimate of drug-likeness (QED) is 0.297. The highest BCUT2D eigenvalue weighted by molar-refractivity contribution is 7.86. The largest absolute Gasteiger partial charge is 0.452 e. The molecule has 32 heavy (non-hydrogen) atoms. The lowest BCUT2D eigenvalue weighted by molar-refractivity contribution is 0.262. The van der Waals surface area contributed by atoms with Crippen molar-refractivity contribution in [1.82, 2.24) is 0 Å². The Labute approximate surface area is 203 Å². The van der Waals surface area contributed by atoms with Crippen LogP contribution in [0.15, 0.2) is 53.4 Å². The third-order valence-electron chi connectivity index (χ3n) is 4.11. The number of para-hydroxylation sites is 1. The van der Waals surface area contributed by atoms with Gasteiger partial charge in [-0.15, -0.1) is 0 Å². The van der Waals surface area contributed by atoms with E-state index in [2.05, 4.69) is 10.6 Å². The first-order chi connectivity index (χ1) is 15.0. The minimum atomic E-state index is -4.73. The molecule has 0 heterocycles. The van der Waals surface area contributed by atoms with E-state index in [1.54, 1.807) is 25.1 Å². The maximum Gasteiger partial charge on any atom is 0.323 e. The molecular weight excluding hydrogens is 522 g/mol. The van der Waals surface area contributed by atoms with Gasteiger partial charge in [-0.2, -0.15) is 8.42 Å². The Kier molecular flexibility index (Phi) is 7.44. The van der Waals surface area contributed by atoms with Crippen molar-refractivity contribution in [2.45, 2.75) is 11.8 Å². The number of amides is 2. The van der Waals surface area contributed by atoms with Crippen molar-refractivity contribution in [2.75, 3.05) is 10.6 Å². The number of benzene rings is 3. The molecule has 0 saturated carbocycles. The Morgan fingerprint density at radius 2 is 1.66 bits per heavy atom. The summed E-state index contributed by atoms with van der Waals surface area (Å²) in [5, 5.41) is 5.59. The molecule has 0 aliphatic heterocycles. The molecule has 0 unspecified atom stereocenters. The van der Waals surface area contributed by atoms with Gasteiger partial charge in [0.05, 0.1) is 21.4 Å². The van der Waals surface area contributed by atoms with Crippen molar-refractivity contribution >= 4 is 73.9 Å². The van der Waals surface area contributed by atoms with Crippen LogP contribution >= 0.6 is 46.4 Å². The zero-order valence-electron chi connectivity index (χ0n) is 16.1. The average Bonchev–Trinajstić information content (AvgIpc) is 2.67. The number of hydrogen-bond acceptors (Lipinski definition) is 4. The molecule has 0 atom stereocenters. The molecule has 0 aliphatic rings. The number of anilines is 2. The third kappa shape index (κ3) is 5.78. The second-order valence-electron chi connectivity index (χ2n) is 6.44. The summed E-state index contributed by atoms with van der Waals surface area (Å²) in [6.45, 7) is 1.77. The first-order valence-corrected chi connectivity index (χ1v) is 11.7. The zero-order chi connectivity index (χ0) is 23.6. The fraction of sp³-hybridized carbons (Fsp3) is 0.0500. The van der Waals surface area contributed by atoms with Crippen LogP contribution in [-0.4, -0.2) is 19.0 Å². The molecule has 0 aromatic heterocycles. The highest BCUT2D eigenvalue weighted by atomic mass is 35.5. The predicted molar refractivity (Wildman–Crippen MR) is 127 cm³/mol. The minimum Gasteiger partial charge on any atom is -0.452 e. The van der Waals surface area contributed by atoms with Crippen LogP contribution in [0.1, 0.15) is 5.56 Å². The molecule has 0 bridgehead atoms. The van der Waals surface area contributed by atoms with Crippen molar-refractivity contribution in [3.63, 3.8) is 0 Å². The number of halogens is 4.